The number of halogens is 2. The molecule has 1 aromatic carbocycles. The summed E-state index contributed by atoms with van der Waals surface area (Å²) in [7, 11) is 0. The van der Waals surface area contributed by atoms with Crippen LogP contribution in [0.25, 0.3) is 0 Å². The van der Waals surface area contributed by atoms with E-state index in [1.165, 1.54) is 17.4 Å². The van der Waals surface area contributed by atoms with Crippen LogP contribution in [0.4, 0.5) is 8.78 Å². The van der Waals surface area contributed by atoms with Gasteiger partial charge in [-0.25, -0.2) is 13.8 Å². The Balaban J connectivity index is 1.62. The van der Waals surface area contributed by atoms with Crippen molar-refractivity contribution in [2.45, 2.75) is 45.1 Å². The van der Waals surface area contributed by atoms with Crippen molar-refractivity contribution in [2.24, 2.45) is 0 Å². The minimum absolute atomic E-state index is 0.304. The number of rotatable bonds is 6. The number of hydrogen-bond acceptors (Lipinski definition) is 5. The summed E-state index contributed by atoms with van der Waals surface area (Å²) < 4.78 is 31.7. The maximum absolute atomic E-state index is 13.2. The molecule has 0 spiro atoms. The van der Waals surface area contributed by atoms with E-state index in [1.54, 1.807) is 0 Å². The molecular weight excluding hydrogens is 370 g/mol. The van der Waals surface area contributed by atoms with Gasteiger partial charge in [0.05, 0.1) is 12.3 Å². The molecule has 1 fully saturated rings. The second-order valence-electron chi connectivity index (χ2n) is 7.02. The maximum atomic E-state index is 13.2. The number of ether oxygens (including phenoxy) is 1. The standard InChI is InChI=1S/C20H26F2N2O2S/c1-3-24-10-4-8-20(25,9-11-24)19-23-14(2)18(27-19)7-12-26-15-5-6-16(21)17(22)13-15/h5-6,13,25H,3-4,7-12H2,1-2H3/t20-/m0/s1. The Hall–Kier alpha value is -1.57. The van der Waals surface area contributed by atoms with Crippen LogP contribution in [0.1, 0.15) is 41.8 Å². The smallest absolute Gasteiger partial charge is 0.162 e. The summed E-state index contributed by atoms with van der Waals surface area (Å²) in [5.74, 6) is -1.50. The second-order valence-corrected chi connectivity index (χ2v) is 8.11. The van der Waals surface area contributed by atoms with Gasteiger partial charge in [-0.15, -0.1) is 11.3 Å². The Morgan fingerprint density at radius 3 is 2.81 bits per heavy atom. The molecule has 148 valence electrons. The number of aryl methyl sites for hydroxylation is 1. The Morgan fingerprint density at radius 1 is 1.26 bits per heavy atom. The topological polar surface area (TPSA) is 45.6 Å². The van der Waals surface area contributed by atoms with Crippen LogP contribution in [0, 0.1) is 18.6 Å². The van der Waals surface area contributed by atoms with Crippen molar-refractivity contribution >= 4 is 11.3 Å². The van der Waals surface area contributed by atoms with Crippen LogP contribution in [-0.2, 0) is 12.0 Å². The van der Waals surface area contributed by atoms with Gasteiger partial charge in [-0.1, -0.05) is 6.92 Å². The number of aliphatic hydroxyl groups is 1. The van der Waals surface area contributed by atoms with Gasteiger partial charge in [-0.05, 0) is 51.4 Å². The average Bonchev–Trinajstić information content (AvgIpc) is 2.90. The predicted molar refractivity (Wildman–Crippen MR) is 102 cm³/mol. The molecule has 0 amide bonds. The number of aromatic nitrogens is 1. The van der Waals surface area contributed by atoms with Crippen molar-refractivity contribution in [1.82, 2.24) is 9.88 Å². The summed E-state index contributed by atoms with van der Waals surface area (Å²) in [4.78, 5) is 8.04. The average molecular weight is 397 g/mol. The number of benzene rings is 1. The van der Waals surface area contributed by atoms with E-state index in [4.69, 9.17) is 4.74 Å². The molecule has 0 unspecified atom stereocenters. The van der Waals surface area contributed by atoms with Gasteiger partial charge in [0, 0.05) is 23.9 Å². The first kappa shape index (κ1) is 20.2. The molecule has 7 heteroatoms. The number of hydrogen-bond donors (Lipinski definition) is 1. The van der Waals surface area contributed by atoms with Crippen molar-refractivity contribution in [1.29, 1.82) is 0 Å². The quantitative estimate of drug-likeness (QED) is 0.800. The maximum Gasteiger partial charge on any atom is 0.162 e. The molecule has 3 rings (SSSR count). The first-order valence-electron chi connectivity index (χ1n) is 9.40. The minimum atomic E-state index is -0.916. The molecular formula is C20H26F2N2O2S. The van der Waals surface area contributed by atoms with Crippen molar-refractivity contribution in [2.75, 3.05) is 26.2 Å². The van der Waals surface area contributed by atoms with Gasteiger partial charge in [-0.2, -0.15) is 0 Å². The van der Waals surface area contributed by atoms with Crippen molar-refractivity contribution in [3.05, 3.63) is 45.4 Å². The van der Waals surface area contributed by atoms with Gasteiger partial charge < -0.3 is 14.7 Å². The van der Waals surface area contributed by atoms with Crippen molar-refractivity contribution in [3.63, 3.8) is 0 Å². The molecule has 2 aromatic rings. The zero-order valence-corrected chi connectivity index (χ0v) is 16.6. The van der Waals surface area contributed by atoms with Crippen LogP contribution < -0.4 is 4.74 Å². The lowest BCUT2D eigenvalue weighted by molar-refractivity contribution is 0.0210. The molecule has 1 aliphatic rings. The fraction of sp³-hybridized carbons (Fsp3) is 0.550. The highest BCUT2D eigenvalue weighted by molar-refractivity contribution is 7.11. The molecule has 0 bridgehead atoms. The second kappa shape index (κ2) is 8.63. The van der Waals surface area contributed by atoms with E-state index in [1.807, 2.05) is 6.92 Å². The SMILES string of the molecule is CCN1CCC[C@@](O)(c2nc(C)c(CCOc3ccc(F)c(F)c3)s2)CC1. The van der Waals surface area contributed by atoms with E-state index in [-0.39, 0.29) is 0 Å². The van der Waals surface area contributed by atoms with Crippen LogP contribution >= 0.6 is 11.3 Å². The zero-order chi connectivity index (χ0) is 19.4. The Kier molecular flexibility index (Phi) is 6.44. The molecule has 0 aliphatic carbocycles. The third-order valence-electron chi connectivity index (χ3n) is 5.13. The largest absolute Gasteiger partial charge is 0.493 e. The van der Waals surface area contributed by atoms with Crippen LogP contribution in [0.5, 0.6) is 5.75 Å². The summed E-state index contributed by atoms with van der Waals surface area (Å²) in [5.41, 5.74) is 0.0346. The zero-order valence-electron chi connectivity index (χ0n) is 15.8. The number of likely N-dealkylation sites (tertiary alicyclic amines) is 1. The van der Waals surface area contributed by atoms with Gasteiger partial charge in [0.15, 0.2) is 11.6 Å². The molecule has 1 aliphatic heterocycles. The Bertz CT molecular complexity index is 783. The van der Waals surface area contributed by atoms with Crippen LogP contribution in [0.15, 0.2) is 18.2 Å². The first-order chi connectivity index (χ1) is 12.9. The molecule has 1 aromatic heterocycles. The van der Waals surface area contributed by atoms with E-state index >= 15 is 0 Å². The Morgan fingerprint density at radius 2 is 2.07 bits per heavy atom. The van der Waals surface area contributed by atoms with Gasteiger partial charge >= 0.3 is 0 Å². The van der Waals surface area contributed by atoms with Gasteiger partial charge in [0.1, 0.15) is 16.4 Å². The normalized spacial score (nSPS) is 21.2. The summed E-state index contributed by atoms with van der Waals surface area (Å²) in [6.45, 7) is 7.31. The number of thiazole rings is 1. The summed E-state index contributed by atoms with van der Waals surface area (Å²) in [6.07, 6.45) is 2.98. The summed E-state index contributed by atoms with van der Waals surface area (Å²) >= 11 is 1.53. The molecule has 2 heterocycles. The highest BCUT2D eigenvalue weighted by Gasteiger charge is 2.35. The van der Waals surface area contributed by atoms with Gasteiger partial charge in [0.2, 0.25) is 0 Å². The van der Waals surface area contributed by atoms with Gasteiger partial charge in [0.25, 0.3) is 0 Å². The number of nitrogens with zero attached hydrogens (tertiary/aromatic N) is 2. The van der Waals surface area contributed by atoms with E-state index in [0.717, 1.165) is 60.2 Å². The monoisotopic (exact) mass is 396 g/mol. The van der Waals surface area contributed by atoms with Gasteiger partial charge in [-0.3, -0.25) is 0 Å². The third kappa shape index (κ3) is 4.83. The van der Waals surface area contributed by atoms with E-state index < -0.39 is 17.2 Å². The lowest BCUT2D eigenvalue weighted by Gasteiger charge is -2.24. The molecule has 1 N–H and O–H groups in total. The molecule has 0 saturated carbocycles. The van der Waals surface area contributed by atoms with Crippen LogP contribution in [0.3, 0.4) is 0 Å². The molecule has 4 nitrogen and oxygen atoms in total. The molecule has 1 atom stereocenters. The Labute approximate surface area is 162 Å². The summed E-state index contributed by atoms with van der Waals surface area (Å²) in [5, 5.41) is 11.9. The molecule has 1 saturated heterocycles. The predicted octanol–water partition coefficient (Wildman–Crippen LogP) is 4.04. The molecule has 0 radical (unpaired) electrons. The molecule has 27 heavy (non-hydrogen) atoms. The highest BCUT2D eigenvalue weighted by atomic mass is 32.1. The third-order valence-corrected chi connectivity index (χ3v) is 6.54. The van der Waals surface area contributed by atoms with Crippen LogP contribution in [-0.4, -0.2) is 41.2 Å². The minimum Gasteiger partial charge on any atom is -0.493 e. The summed E-state index contributed by atoms with van der Waals surface area (Å²) in [6, 6.07) is 3.52. The van der Waals surface area contributed by atoms with Crippen LogP contribution in [0.2, 0.25) is 0 Å². The fourth-order valence-electron chi connectivity index (χ4n) is 3.39. The lowest BCUT2D eigenvalue weighted by atomic mass is 9.96. The van der Waals surface area contributed by atoms with E-state index in [9.17, 15) is 13.9 Å². The van der Waals surface area contributed by atoms with E-state index in [2.05, 4.69) is 16.8 Å². The van der Waals surface area contributed by atoms with Crippen molar-refractivity contribution in [3.8, 4) is 5.75 Å². The van der Waals surface area contributed by atoms with E-state index in [0.29, 0.717) is 25.2 Å². The fourth-order valence-corrected chi connectivity index (χ4v) is 4.58. The highest BCUT2D eigenvalue weighted by Crippen LogP contribution is 2.36. The van der Waals surface area contributed by atoms with Crippen molar-refractivity contribution < 1.29 is 18.6 Å². The first-order valence-corrected chi connectivity index (χ1v) is 10.2. The lowest BCUT2D eigenvalue weighted by Crippen LogP contribution is -2.29.